The topological polar surface area (TPSA) is 41.1 Å². The Hall–Kier alpha value is -1.51. The first-order valence-electron chi connectivity index (χ1n) is 7.59. The highest BCUT2D eigenvalue weighted by molar-refractivity contribution is 5.96. The molecule has 2 rings (SSSR count). The summed E-state index contributed by atoms with van der Waals surface area (Å²) in [4.78, 5) is 12.4. The van der Waals surface area contributed by atoms with Crippen molar-refractivity contribution < 1.29 is 4.79 Å². The fourth-order valence-electron chi connectivity index (χ4n) is 3.06. The second kappa shape index (κ2) is 5.86. The van der Waals surface area contributed by atoms with Crippen molar-refractivity contribution in [2.24, 2.45) is 5.41 Å². The molecule has 3 nitrogen and oxygen atoms in total. The largest absolute Gasteiger partial charge is 0.385 e. The molecule has 1 aromatic rings. The number of nitrogens with one attached hydrogen (secondary N) is 2. The van der Waals surface area contributed by atoms with Crippen LogP contribution in [0.4, 0.5) is 5.69 Å². The average molecular weight is 274 g/mol. The summed E-state index contributed by atoms with van der Waals surface area (Å²) >= 11 is 0. The molecule has 0 heterocycles. The van der Waals surface area contributed by atoms with Gasteiger partial charge in [-0.15, -0.1) is 0 Å². The SMILES string of the molecule is CCNc1ccc(C(=O)NC2CCCC2(C)C)c(C)c1. The van der Waals surface area contributed by atoms with E-state index in [9.17, 15) is 4.79 Å². The van der Waals surface area contributed by atoms with E-state index in [1.165, 1.54) is 12.8 Å². The van der Waals surface area contributed by atoms with Gasteiger partial charge in [-0.1, -0.05) is 20.3 Å². The molecule has 20 heavy (non-hydrogen) atoms. The maximum absolute atomic E-state index is 12.4. The van der Waals surface area contributed by atoms with Crippen LogP contribution >= 0.6 is 0 Å². The molecule has 3 heteroatoms. The highest BCUT2D eigenvalue weighted by Gasteiger charge is 2.35. The lowest BCUT2D eigenvalue weighted by Crippen LogP contribution is -2.41. The monoisotopic (exact) mass is 274 g/mol. The third kappa shape index (κ3) is 3.14. The third-order valence-electron chi connectivity index (χ3n) is 4.41. The van der Waals surface area contributed by atoms with Crippen molar-refractivity contribution in [3.05, 3.63) is 29.3 Å². The van der Waals surface area contributed by atoms with E-state index in [2.05, 4.69) is 31.4 Å². The Morgan fingerprint density at radius 2 is 2.15 bits per heavy atom. The Kier molecular flexibility index (Phi) is 4.36. The van der Waals surface area contributed by atoms with Gasteiger partial charge in [0, 0.05) is 23.8 Å². The number of carbonyl (C=O) groups excluding carboxylic acids is 1. The van der Waals surface area contributed by atoms with Crippen LogP contribution in [0.3, 0.4) is 0 Å². The van der Waals surface area contributed by atoms with Gasteiger partial charge in [-0.2, -0.15) is 0 Å². The van der Waals surface area contributed by atoms with E-state index in [-0.39, 0.29) is 11.3 Å². The molecule has 1 aliphatic carbocycles. The Bertz CT molecular complexity index is 494. The number of carbonyl (C=O) groups is 1. The maximum Gasteiger partial charge on any atom is 0.251 e. The van der Waals surface area contributed by atoms with E-state index in [4.69, 9.17) is 0 Å². The fourth-order valence-corrected chi connectivity index (χ4v) is 3.06. The minimum absolute atomic E-state index is 0.0607. The van der Waals surface area contributed by atoms with Crippen molar-refractivity contribution in [3.63, 3.8) is 0 Å². The minimum atomic E-state index is 0.0607. The molecule has 0 bridgehead atoms. The zero-order valence-electron chi connectivity index (χ0n) is 13.0. The van der Waals surface area contributed by atoms with Crippen molar-refractivity contribution in [2.75, 3.05) is 11.9 Å². The van der Waals surface area contributed by atoms with Crippen molar-refractivity contribution in [1.82, 2.24) is 5.32 Å². The summed E-state index contributed by atoms with van der Waals surface area (Å²) < 4.78 is 0. The zero-order valence-corrected chi connectivity index (χ0v) is 13.0. The van der Waals surface area contributed by atoms with E-state index in [1.54, 1.807) is 0 Å². The Balaban J connectivity index is 2.09. The molecule has 0 aromatic heterocycles. The first-order chi connectivity index (χ1) is 9.44. The van der Waals surface area contributed by atoms with Gasteiger partial charge in [0.2, 0.25) is 0 Å². The smallest absolute Gasteiger partial charge is 0.251 e. The van der Waals surface area contributed by atoms with Crippen LogP contribution in [0, 0.1) is 12.3 Å². The predicted molar refractivity (Wildman–Crippen MR) is 84.2 cm³/mol. The number of hydrogen-bond donors (Lipinski definition) is 2. The average Bonchev–Trinajstić information content (AvgIpc) is 2.69. The Labute approximate surface area is 122 Å². The Morgan fingerprint density at radius 1 is 1.40 bits per heavy atom. The molecular formula is C17H26N2O. The molecule has 1 fully saturated rings. The van der Waals surface area contributed by atoms with Gasteiger partial charge in [0.1, 0.15) is 0 Å². The second-order valence-electron chi connectivity index (χ2n) is 6.47. The molecule has 1 aliphatic rings. The van der Waals surface area contributed by atoms with Gasteiger partial charge in [-0.05, 0) is 55.9 Å². The maximum atomic E-state index is 12.4. The number of benzene rings is 1. The molecule has 110 valence electrons. The fraction of sp³-hybridized carbons (Fsp3) is 0.588. The van der Waals surface area contributed by atoms with Crippen LogP contribution in [-0.2, 0) is 0 Å². The van der Waals surface area contributed by atoms with Crippen LogP contribution in [0.1, 0.15) is 56.0 Å². The van der Waals surface area contributed by atoms with Crippen molar-refractivity contribution in [1.29, 1.82) is 0 Å². The molecule has 1 saturated carbocycles. The van der Waals surface area contributed by atoms with Crippen LogP contribution in [-0.4, -0.2) is 18.5 Å². The van der Waals surface area contributed by atoms with E-state index in [0.717, 1.165) is 29.8 Å². The van der Waals surface area contributed by atoms with Gasteiger partial charge >= 0.3 is 0 Å². The quantitative estimate of drug-likeness (QED) is 0.878. The standard InChI is InChI=1S/C17H26N2O/c1-5-18-13-8-9-14(12(2)11-13)16(20)19-15-7-6-10-17(15,3)4/h8-9,11,15,18H,5-7,10H2,1-4H3,(H,19,20). The minimum Gasteiger partial charge on any atom is -0.385 e. The molecule has 1 atom stereocenters. The number of amides is 1. The molecule has 0 radical (unpaired) electrons. The highest BCUT2D eigenvalue weighted by atomic mass is 16.1. The third-order valence-corrected chi connectivity index (χ3v) is 4.41. The normalized spacial score (nSPS) is 20.7. The summed E-state index contributed by atoms with van der Waals surface area (Å²) in [6.45, 7) is 9.44. The lowest BCUT2D eigenvalue weighted by Gasteiger charge is -2.28. The summed E-state index contributed by atoms with van der Waals surface area (Å²) in [5.74, 6) is 0.0607. The lowest BCUT2D eigenvalue weighted by molar-refractivity contribution is 0.0909. The van der Waals surface area contributed by atoms with E-state index < -0.39 is 0 Å². The number of aryl methyl sites for hydroxylation is 1. The molecule has 1 aromatic carbocycles. The molecular weight excluding hydrogens is 248 g/mol. The second-order valence-corrected chi connectivity index (χ2v) is 6.47. The van der Waals surface area contributed by atoms with Crippen LogP contribution in [0.5, 0.6) is 0 Å². The van der Waals surface area contributed by atoms with Crippen molar-refractivity contribution >= 4 is 11.6 Å². The molecule has 0 aliphatic heterocycles. The van der Waals surface area contributed by atoms with Crippen LogP contribution in [0.2, 0.25) is 0 Å². The van der Waals surface area contributed by atoms with E-state index in [0.29, 0.717) is 6.04 Å². The van der Waals surface area contributed by atoms with Gasteiger partial charge in [0.25, 0.3) is 5.91 Å². The summed E-state index contributed by atoms with van der Waals surface area (Å²) in [5, 5.41) is 6.49. The van der Waals surface area contributed by atoms with Gasteiger partial charge in [0.15, 0.2) is 0 Å². The molecule has 0 saturated heterocycles. The predicted octanol–water partition coefficient (Wildman–Crippen LogP) is 3.74. The molecule has 1 amide bonds. The zero-order chi connectivity index (χ0) is 14.8. The van der Waals surface area contributed by atoms with E-state index >= 15 is 0 Å². The molecule has 0 spiro atoms. The van der Waals surface area contributed by atoms with Crippen LogP contribution in [0.25, 0.3) is 0 Å². The number of hydrogen-bond acceptors (Lipinski definition) is 2. The van der Waals surface area contributed by atoms with Crippen LogP contribution in [0.15, 0.2) is 18.2 Å². The van der Waals surface area contributed by atoms with Crippen LogP contribution < -0.4 is 10.6 Å². The van der Waals surface area contributed by atoms with Crippen molar-refractivity contribution in [3.8, 4) is 0 Å². The van der Waals surface area contributed by atoms with Gasteiger partial charge in [0.05, 0.1) is 0 Å². The summed E-state index contributed by atoms with van der Waals surface area (Å²) in [6, 6.07) is 6.23. The first-order valence-corrected chi connectivity index (χ1v) is 7.59. The molecule has 1 unspecified atom stereocenters. The van der Waals surface area contributed by atoms with E-state index in [1.807, 2.05) is 25.1 Å². The van der Waals surface area contributed by atoms with Gasteiger partial charge < -0.3 is 10.6 Å². The molecule has 2 N–H and O–H groups in total. The number of rotatable bonds is 4. The van der Waals surface area contributed by atoms with Gasteiger partial charge in [-0.3, -0.25) is 4.79 Å². The lowest BCUT2D eigenvalue weighted by atomic mass is 9.87. The summed E-state index contributed by atoms with van der Waals surface area (Å²) in [5.41, 5.74) is 3.10. The summed E-state index contributed by atoms with van der Waals surface area (Å²) in [6.07, 6.45) is 3.49. The summed E-state index contributed by atoms with van der Waals surface area (Å²) in [7, 11) is 0. The van der Waals surface area contributed by atoms with Crippen molar-refractivity contribution in [2.45, 2.75) is 53.0 Å². The Morgan fingerprint density at radius 3 is 2.70 bits per heavy atom. The highest BCUT2D eigenvalue weighted by Crippen LogP contribution is 2.37. The number of anilines is 1. The van der Waals surface area contributed by atoms with Gasteiger partial charge in [-0.25, -0.2) is 0 Å². The first kappa shape index (κ1) is 14.9.